The summed E-state index contributed by atoms with van der Waals surface area (Å²) < 4.78 is 11.0. The van der Waals surface area contributed by atoms with Gasteiger partial charge in [-0.3, -0.25) is 19.1 Å². The molecule has 1 aromatic heterocycles. The van der Waals surface area contributed by atoms with Crippen LogP contribution in [0.2, 0.25) is 0 Å². The highest BCUT2D eigenvalue weighted by Gasteiger charge is 2.29. The van der Waals surface area contributed by atoms with Crippen LogP contribution in [0.4, 0.5) is 0 Å². The number of nitrogens with zero attached hydrogens (tertiary/aromatic N) is 2. The first-order chi connectivity index (χ1) is 11.0. The molecule has 1 heterocycles. The Morgan fingerprint density at radius 2 is 1.91 bits per heavy atom. The second-order valence-electron chi connectivity index (χ2n) is 5.72. The molecule has 0 saturated heterocycles. The van der Waals surface area contributed by atoms with Crippen LogP contribution in [0.15, 0.2) is 0 Å². The predicted molar refractivity (Wildman–Crippen MR) is 80.8 cm³/mol. The van der Waals surface area contributed by atoms with E-state index in [0.29, 0.717) is 25.8 Å². The number of fused-ring (bicyclic) bond motifs is 1. The number of esters is 2. The van der Waals surface area contributed by atoms with Gasteiger partial charge in [-0.05, 0) is 31.7 Å². The third-order valence-electron chi connectivity index (χ3n) is 4.35. The van der Waals surface area contributed by atoms with E-state index >= 15 is 0 Å². The monoisotopic (exact) mass is 322 g/mol. The lowest BCUT2D eigenvalue weighted by atomic mass is 9.83. The average Bonchev–Trinajstić information content (AvgIpc) is 2.88. The zero-order valence-corrected chi connectivity index (χ0v) is 13.8. The van der Waals surface area contributed by atoms with Crippen LogP contribution in [0.5, 0.6) is 0 Å². The summed E-state index contributed by atoms with van der Waals surface area (Å²) in [6.07, 6.45) is 2.08. The number of hydrogen-bond donors (Lipinski definition) is 0. The third kappa shape index (κ3) is 3.97. The van der Waals surface area contributed by atoms with Gasteiger partial charge < -0.3 is 9.47 Å². The quantitative estimate of drug-likeness (QED) is 0.573. The topological polar surface area (TPSA) is 87.5 Å². The number of rotatable bonds is 6. The molecule has 1 aromatic rings. The summed E-state index contributed by atoms with van der Waals surface area (Å²) in [6.45, 7) is 2.41. The van der Waals surface area contributed by atoms with Crippen LogP contribution in [0, 0.1) is 12.8 Å². The van der Waals surface area contributed by atoms with Gasteiger partial charge in [0.25, 0.3) is 0 Å². The van der Waals surface area contributed by atoms with Gasteiger partial charge in [-0.1, -0.05) is 0 Å². The second-order valence-corrected chi connectivity index (χ2v) is 5.72. The maximum Gasteiger partial charge on any atom is 0.313 e. The molecule has 0 N–H and O–H groups in total. The Bertz CT molecular complexity index is 620. The number of ketones is 1. The number of carbonyl (C=O) groups is 3. The van der Waals surface area contributed by atoms with E-state index in [1.807, 2.05) is 6.92 Å². The summed E-state index contributed by atoms with van der Waals surface area (Å²) in [7, 11) is 2.64. The molecule has 1 unspecified atom stereocenters. The van der Waals surface area contributed by atoms with Crippen LogP contribution < -0.4 is 0 Å². The fourth-order valence-corrected chi connectivity index (χ4v) is 2.92. The molecule has 0 aliphatic heterocycles. The molecule has 0 amide bonds. The van der Waals surface area contributed by atoms with E-state index in [0.717, 1.165) is 17.0 Å². The Morgan fingerprint density at radius 1 is 1.22 bits per heavy atom. The van der Waals surface area contributed by atoms with Crippen molar-refractivity contribution < 1.29 is 23.9 Å². The van der Waals surface area contributed by atoms with Gasteiger partial charge in [0.15, 0.2) is 0 Å². The van der Waals surface area contributed by atoms with Crippen molar-refractivity contribution >= 4 is 17.7 Å². The molecule has 0 spiro atoms. The zero-order valence-electron chi connectivity index (χ0n) is 13.8. The van der Waals surface area contributed by atoms with E-state index in [4.69, 9.17) is 0 Å². The van der Waals surface area contributed by atoms with Crippen LogP contribution in [0.1, 0.15) is 36.2 Å². The summed E-state index contributed by atoms with van der Waals surface area (Å²) in [5, 5.41) is 4.53. The Balaban J connectivity index is 2.05. The minimum absolute atomic E-state index is 0.0794. The minimum Gasteiger partial charge on any atom is -0.469 e. The Morgan fingerprint density at radius 3 is 2.57 bits per heavy atom. The van der Waals surface area contributed by atoms with Crippen molar-refractivity contribution in [2.75, 3.05) is 14.2 Å². The maximum absolute atomic E-state index is 12.2. The number of aryl methyl sites for hydroxylation is 2. The van der Waals surface area contributed by atoms with Crippen molar-refractivity contribution in [3.8, 4) is 0 Å². The standard InChI is InChI=1S/C16H22N2O5/c1-10-12-8-11(14(19)9-16(21)23-3)4-5-13(12)17-18(10)7-6-15(20)22-2/h11H,4-9H2,1-3H3. The molecular weight excluding hydrogens is 300 g/mol. The first kappa shape index (κ1) is 17.2. The van der Waals surface area contributed by atoms with Gasteiger partial charge in [-0.2, -0.15) is 5.10 Å². The molecule has 7 heteroatoms. The van der Waals surface area contributed by atoms with Crippen LogP contribution in [-0.2, 0) is 43.2 Å². The van der Waals surface area contributed by atoms with E-state index in [1.54, 1.807) is 4.68 Å². The van der Waals surface area contributed by atoms with E-state index in [2.05, 4.69) is 14.6 Å². The molecule has 0 radical (unpaired) electrons. The van der Waals surface area contributed by atoms with Crippen molar-refractivity contribution in [1.29, 1.82) is 0 Å². The normalized spacial score (nSPS) is 16.6. The number of aromatic nitrogens is 2. The SMILES string of the molecule is COC(=O)CCn1nc2c(c1C)CC(C(=O)CC(=O)OC)CC2. The van der Waals surface area contributed by atoms with Gasteiger partial charge in [0.2, 0.25) is 0 Å². The summed E-state index contributed by atoms with van der Waals surface area (Å²) >= 11 is 0. The molecule has 126 valence electrons. The molecule has 0 saturated carbocycles. The molecule has 1 aliphatic carbocycles. The summed E-state index contributed by atoms with van der Waals surface area (Å²) in [5.41, 5.74) is 3.01. The highest BCUT2D eigenvalue weighted by atomic mass is 16.5. The molecule has 0 aromatic carbocycles. The van der Waals surface area contributed by atoms with Crippen LogP contribution >= 0.6 is 0 Å². The zero-order chi connectivity index (χ0) is 17.0. The molecule has 1 atom stereocenters. The van der Waals surface area contributed by atoms with Gasteiger partial charge in [0.1, 0.15) is 12.2 Å². The van der Waals surface area contributed by atoms with E-state index in [-0.39, 0.29) is 30.5 Å². The van der Waals surface area contributed by atoms with Gasteiger partial charge in [-0.25, -0.2) is 0 Å². The van der Waals surface area contributed by atoms with Crippen LogP contribution in [0.3, 0.4) is 0 Å². The summed E-state index contributed by atoms with van der Waals surface area (Å²) in [6, 6.07) is 0. The summed E-state index contributed by atoms with van der Waals surface area (Å²) in [5.74, 6) is -1.02. The lowest BCUT2D eigenvalue weighted by molar-refractivity contribution is -0.144. The van der Waals surface area contributed by atoms with Crippen molar-refractivity contribution in [2.24, 2.45) is 5.92 Å². The molecule has 0 fully saturated rings. The number of ether oxygens (including phenoxy) is 2. The minimum atomic E-state index is -0.494. The fourth-order valence-electron chi connectivity index (χ4n) is 2.92. The van der Waals surface area contributed by atoms with Gasteiger partial charge in [-0.15, -0.1) is 0 Å². The maximum atomic E-state index is 12.2. The van der Waals surface area contributed by atoms with Gasteiger partial charge >= 0.3 is 11.9 Å². The van der Waals surface area contributed by atoms with E-state index < -0.39 is 5.97 Å². The van der Waals surface area contributed by atoms with Crippen molar-refractivity contribution in [1.82, 2.24) is 9.78 Å². The Labute approximate surface area is 134 Å². The number of carbonyl (C=O) groups excluding carboxylic acids is 3. The van der Waals surface area contributed by atoms with Gasteiger partial charge in [0, 0.05) is 11.6 Å². The van der Waals surface area contributed by atoms with Crippen LogP contribution in [0.25, 0.3) is 0 Å². The number of methoxy groups -OCH3 is 2. The van der Waals surface area contributed by atoms with Gasteiger partial charge in [0.05, 0.1) is 32.9 Å². The van der Waals surface area contributed by atoms with Crippen molar-refractivity contribution in [2.45, 2.75) is 45.6 Å². The first-order valence-electron chi connectivity index (χ1n) is 7.67. The lowest BCUT2D eigenvalue weighted by Crippen LogP contribution is -2.25. The van der Waals surface area contributed by atoms with E-state index in [1.165, 1.54) is 14.2 Å². The van der Waals surface area contributed by atoms with Crippen LogP contribution in [-0.4, -0.2) is 41.7 Å². The molecular formula is C16H22N2O5. The first-order valence-corrected chi connectivity index (χ1v) is 7.67. The highest BCUT2D eigenvalue weighted by molar-refractivity contribution is 5.97. The molecule has 1 aliphatic rings. The molecule has 7 nitrogen and oxygen atoms in total. The molecule has 23 heavy (non-hydrogen) atoms. The lowest BCUT2D eigenvalue weighted by Gasteiger charge is -2.20. The smallest absolute Gasteiger partial charge is 0.313 e. The predicted octanol–water partition coefficient (Wildman–Crippen LogP) is 0.992. The fraction of sp³-hybridized carbons (Fsp3) is 0.625. The summed E-state index contributed by atoms with van der Waals surface area (Å²) in [4.78, 5) is 34.7. The Hall–Kier alpha value is -2.18. The van der Waals surface area contributed by atoms with Crippen molar-refractivity contribution in [3.63, 3.8) is 0 Å². The Kier molecular flexibility index (Phi) is 5.52. The largest absolute Gasteiger partial charge is 0.469 e. The number of Topliss-reactive ketones (excluding diaryl/α,β-unsaturated/α-hetero) is 1. The van der Waals surface area contributed by atoms with E-state index in [9.17, 15) is 14.4 Å². The van der Waals surface area contributed by atoms with Crippen molar-refractivity contribution in [3.05, 3.63) is 17.0 Å². The average molecular weight is 322 g/mol. The third-order valence-corrected chi connectivity index (χ3v) is 4.35. The molecule has 0 bridgehead atoms. The molecule has 2 rings (SSSR count). The second kappa shape index (κ2) is 7.39. The number of hydrogen-bond acceptors (Lipinski definition) is 6. The highest BCUT2D eigenvalue weighted by Crippen LogP contribution is 2.29.